The Morgan fingerprint density at radius 3 is 2.61 bits per heavy atom. The van der Waals surface area contributed by atoms with Crippen molar-refractivity contribution in [3.05, 3.63) is 24.3 Å². The summed E-state index contributed by atoms with van der Waals surface area (Å²) in [6, 6.07) is 7.21. The van der Waals surface area contributed by atoms with Crippen LogP contribution in [-0.4, -0.2) is 30.9 Å². The zero-order chi connectivity index (χ0) is 13.0. The third kappa shape index (κ3) is 3.74. The van der Waals surface area contributed by atoms with Crippen LogP contribution in [0.4, 0.5) is 11.4 Å². The van der Waals surface area contributed by atoms with Gasteiger partial charge in [-0.15, -0.1) is 0 Å². The molecule has 18 heavy (non-hydrogen) atoms. The minimum absolute atomic E-state index is 0.0293. The molecule has 1 aromatic rings. The maximum atomic E-state index is 11.8. The number of likely N-dealkylation sites (N-methyl/N-ethyl adjacent to an activating group) is 1. The van der Waals surface area contributed by atoms with Crippen molar-refractivity contribution in [1.29, 1.82) is 0 Å². The Bertz CT molecular complexity index is 398. The van der Waals surface area contributed by atoms with Gasteiger partial charge in [-0.05, 0) is 50.1 Å². The fraction of sp³-hybridized carbons (Fsp3) is 0.500. The standard InChI is InChI=1S/C14H21N3O/c1-17(9-11-3-2-4-11)10-14(18)16-13-7-5-12(15)6-8-13/h5-8,11H,2-4,9-10,15H2,1H3,(H,16,18). The van der Waals surface area contributed by atoms with Crippen molar-refractivity contribution in [2.75, 3.05) is 31.2 Å². The number of carbonyl (C=O) groups excluding carboxylic acids is 1. The van der Waals surface area contributed by atoms with Crippen molar-refractivity contribution in [3.8, 4) is 0 Å². The van der Waals surface area contributed by atoms with Gasteiger partial charge in [0.25, 0.3) is 0 Å². The highest BCUT2D eigenvalue weighted by molar-refractivity contribution is 5.92. The number of hydrogen-bond acceptors (Lipinski definition) is 3. The third-order valence-corrected chi connectivity index (χ3v) is 3.40. The highest BCUT2D eigenvalue weighted by Gasteiger charge is 2.19. The largest absolute Gasteiger partial charge is 0.399 e. The van der Waals surface area contributed by atoms with Crippen LogP contribution in [0.1, 0.15) is 19.3 Å². The summed E-state index contributed by atoms with van der Waals surface area (Å²) in [7, 11) is 2.00. The van der Waals surface area contributed by atoms with E-state index < -0.39 is 0 Å². The van der Waals surface area contributed by atoms with Crippen LogP contribution in [0.2, 0.25) is 0 Å². The number of nitrogens with one attached hydrogen (secondary N) is 1. The SMILES string of the molecule is CN(CC(=O)Nc1ccc(N)cc1)CC1CCC1. The quantitative estimate of drug-likeness (QED) is 0.782. The molecule has 4 nitrogen and oxygen atoms in total. The van der Waals surface area contributed by atoms with Gasteiger partial charge in [0.1, 0.15) is 0 Å². The van der Waals surface area contributed by atoms with Crippen LogP contribution in [0.15, 0.2) is 24.3 Å². The van der Waals surface area contributed by atoms with Crippen LogP contribution in [0, 0.1) is 5.92 Å². The van der Waals surface area contributed by atoms with E-state index in [1.807, 2.05) is 19.2 Å². The maximum Gasteiger partial charge on any atom is 0.238 e. The number of nitrogen functional groups attached to an aromatic ring is 1. The maximum absolute atomic E-state index is 11.8. The number of amides is 1. The van der Waals surface area contributed by atoms with E-state index in [0.717, 1.165) is 18.2 Å². The molecule has 1 fully saturated rings. The molecule has 0 unspecified atom stereocenters. The van der Waals surface area contributed by atoms with Gasteiger partial charge < -0.3 is 11.1 Å². The summed E-state index contributed by atoms with van der Waals surface area (Å²) in [5.41, 5.74) is 7.10. The lowest BCUT2D eigenvalue weighted by Gasteiger charge is -2.29. The molecule has 98 valence electrons. The molecular weight excluding hydrogens is 226 g/mol. The first-order valence-corrected chi connectivity index (χ1v) is 6.47. The molecule has 0 saturated heterocycles. The van der Waals surface area contributed by atoms with E-state index >= 15 is 0 Å². The molecule has 2 rings (SSSR count). The van der Waals surface area contributed by atoms with E-state index in [4.69, 9.17) is 5.73 Å². The van der Waals surface area contributed by atoms with Gasteiger partial charge in [0.2, 0.25) is 5.91 Å². The average Bonchev–Trinajstić information content (AvgIpc) is 2.27. The minimum atomic E-state index is 0.0293. The van der Waals surface area contributed by atoms with Crippen molar-refractivity contribution in [3.63, 3.8) is 0 Å². The molecule has 1 saturated carbocycles. The fourth-order valence-corrected chi connectivity index (χ4v) is 2.19. The molecule has 3 N–H and O–H groups in total. The van der Waals surface area contributed by atoms with Crippen LogP contribution < -0.4 is 11.1 Å². The number of carbonyl (C=O) groups is 1. The van der Waals surface area contributed by atoms with Gasteiger partial charge in [0.05, 0.1) is 6.54 Å². The molecule has 0 aliphatic heterocycles. The lowest BCUT2D eigenvalue weighted by molar-refractivity contribution is -0.117. The summed E-state index contributed by atoms with van der Waals surface area (Å²) in [6.07, 6.45) is 3.96. The van der Waals surface area contributed by atoms with Gasteiger partial charge >= 0.3 is 0 Å². The third-order valence-electron chi connectivity index (χ3n) is 3.40. The molecule has 4 heteroatoms. The van der Waals surface area contributed by atoms with Crippen molar-refractivity contribution in [2.45, 2.75) is 19.3 Å². The van der Waals surface area contributed by atoms with Gasteiger partial charge in [0.15, 0.2) is 0 Å². The second kappa shape index (κ2) is 5.87. The molecule has 1 aliphatic carbocycles. The summed E-state index contributed by atoms with van der Waals surface area (Å²) < 4.78 is 0. The first-order chi connectivity index (χ1) is 8.63. The van der Waals surface area contributed by atoms with Crippen molar-refractivity contribution in [2.24, 2.45) is 5.92 Å². The number of rotatable bonds is 5. The molecule has 1 aliphatic rings. The van der Waals surface area contributed by atoms with Crippen LogP contribution in [0.5, 0.6) is 0 Å². The molecule has 0 atom stereocenters. The number of anilines is 2. The highest BCUT2D eigenvalue weighted by Crippen LogP contribution is 2.26. The van der Waals surface area contributed by atoms with E-state index in [2.05, 4.69) is 10.2 Å². The zero-order valence-corrected chi connectivity index (χ0v) is 10.9. The van der Waals surface area contributed by atoms with Crippen LogP contribution in [0.3, 0.4) is 0 Å². The Morgan fingerprint density at radius 1 is 1.39 bits per heavy atom. The number of benzene rings is 1. The van der Waals surface area contributed by atoms with Gasteiger partial charge in [-0.3, -0.25) is 9.69 Å². The second-order valence-corrected chi connectivity index (χ2v) is 5.16. The predicted octanol–water partition coefficient (Wildman–Crippen LogP) is 1.94. The van der Waals surface area contributed by atoms with Crippen molar-refractivity contribution < 1.29 is 4.79 Å². The average molecular weight is 247 g/mol. The first kappa shape index (κ1) is 12.9. The summed E-state index contributed by atoms with van der Waals surface area (Å²) in [4.78, 5) is 13.9. The smallest absolute Gasteiger partial charge is 0.238 e. The van der Waals surface area contributed by atoms with Crippen LogP contribution >= 0.6 is 0 Å². The van der Waals surface area contributed by atoms with Gasteiger partial charge in [-0.25, -0.2) is 0 Å². The first-order valence-electron chi connectivity index (χ1n) is 6.47. The predicted molar refractivity (Wildman–Crippen MR) is 74.3 cm³/mol. The molecule has 0 radical (unpaired) electrons. The Kier molecular flexibility index (Phi) is 4.20. The summed E-state index contributed by atoms with van der Waals surface area (Å²) in [5.74, 6) is 0.820. The van der Waals surface area contributed by atoms with Crippen molar-refractivity contribution in [1.82, 2.24) is 4.90 Å². The van der Waals surface area contributed by atoms with E-state index in [-0.39, 0.29) is 5.91 Å². The van der Waals surface area contributed by atoms with Crippen LogP contribution in [-0.2, 0) is 4.79 Å². The summed E-state index contributed by atoms with van der Waals surface area (Å²) in [6.45, 7) is 1.47. The highest BCUT2D eigenvalue weighted by atomic mass is 16.2. The van der Waals surface area contributed by atoms with E-state index in [1.54, 1.807) is 12.1 Å². The summed E-state index contributed by atoms with van der Waals surface area (Å²) in [5, 5.41) is 2.87. The Labute approximate surface area is 108 Å². The molecule has 1 amide bonds. The van der Waals surface area contributed by atoms with Gasteiger partial charge in [-0.2, -0.15) is 0 Å². The fourth-order valence-electron chi connectivity index (χ4n) is 2.19. The molecule has 0 bridgehead atoms. The van der Waals surface area contributed by atoms with E-state index in [9.17, 15) is 4.79 Å². The number of hydrogen-bond donors (Lipinski definition) is 2. The Hall–Kier alpha value is -1.55. The Balaban J connectivity index is 1.75. The second-order valence-electron chi connectivity index (χ2n) is 5.16. The van der Waals surface area contributed by atoms with E-state index in [1.165, 1.54) is 19.3 Å². The molecule has 0 aromatic heterocycles. The Morgan fingerprint density at radius 2 is 2.06 bits per heavy atom. The molecule has 0 heterocycles. The zero-order valence-electron chi connectivity index (χ0n) is 10.9. The molecule has 1 aromatic carbocycles. The number of nitrogens with two attached hydrogens (primary N) is 1. The summed E-state index contributed by atoms with van der Waals surface area (Å²) >= 11 is 0. The normalized spacial score (nSPS) is 15.4. The molecular formula is C14H21N3O. The monoisotopic (exact) mass is 247 g/mol. The number of nitrogens with zero attached hydrogens (tertiary/aromatic N) is 1. The topological polar surface area (TPSA) is 58.4 Å². The van der Waals surface area contributed by atoms with Gasteiger partial charge in [-0.1, -0.05) is 6.42 Å². The minimum Gasteiger partial charge on any atom is -0.399 e. The van der Waals surface area contributed by atoms with Gasteiger partial charge in [0, 0.05) is 17.9 Å². The van der Waals surface area contributed by atoms with Crippen LogP contribution in [0.25, 0.3) is 0 Å². The molecule has 0 spiro atoms. The lowest BCUT2D eigenvalue weighted by atomic mass is 9.85. The van der Waals surface area contributed by atoms with E-state index in [0.29, 0.717) is 12.2 Å². The van der Waals surface area contributed by atoms with Crippen molar-refractivity contribution >= 4 is 17.3 Å². The lowest BCUT2D eigenvalue weighted by Crippen LogP contribution is -2.35.